The number of thioether (sulfide) groups is 1. The zero-order chi connectivity index (χ0) is 18.5. The van der Waals surface area contributed by atoms with Gasteiger partial charge in [-0.1, -0.05) is 29.5 Å². The third kappa shape index (κ3) is 4.20. The molecule has 0 spiro atoms. The summed E-state index contributed by atoms with van der Waals surface area (Å²) in [5, 5.41) is 11.5. The van der Waals surface area contributed by atoms with E-state index in [0.717, 1.165) is 5.69 Å². The molecule has 1 amide bonds. The van der Waals surface area contributed by atoms with Gasteiger partial charge in [-0.05, 0) is 32.0 Å². The van der Waals surface area contributed by atoms with Crippen LogP contribution in [0.5, 0.6) is 0 Å². The topological polar surface area (TPSA) is 81.8 Å². The van der Waals surface area contributed by atoms with Gasteiger partial charge in [0, 0.05) is 24.5 Å². The van der Waals surface area contributed by atoms with Gasteiger partial charge < -0.3 is 9.88 Å². The van der Waals surface area contributed by atoms with Crippen molar-refractivity contribution >= 4 is 23.4 Å². The lowest BCUT2D eigenvalue weighted by atomic mass is 10.2. The van der Waals surface area contributed by atoms with Gasteiger partial charge in [0.25, 0.3) is 5.56 Å². The van der Waals surface area contributed by atoms with Crippen molar-refractivity contribution in [2.45, 2.75) is 25.5 Å². The van der Waals surface area contributed by atoms with Crippen molar-refractivity contribution in [1.29, 1.82) is 0 Å². The van der Waals surface area contributed by atoms with E-state index in [1.165, 1.54) is 28.0 Å². The number of rotatable bonds is 6. The highest BCUT2D eigenvalue weighted by atomic mass is 32.2. The van der Waals surface area contributed by atoms with Gasteiger partial charge in [-0.3, -0.25) is 14.2 Å². The van der Waals surface area contributed by atoms with Gasteiger partial charge in [0.15, 0.2) is 5.16 Å². The minimum Gasteiger partial charge on any atom is -0.324 e. The molecule has 0 aliphatic carbocycles. The van der Waals surface area contributed by atoms with E-state index in [2.05, 4.69) is 15.5 Å². The highest BCUT2D eigenvalue weighted by Gasteiger charge is 2.11. The summed E-state index contributed by atoms with van der Waals surface area (Å²) in [7, 11) is 0. The van der Waals surface area contributed by atoms with Crippen molar-refractivity contribution < 1.29 is 4.79 Å². The van der Waals surface area contributed by atoms with Crippen molar-refractivity contribution in [3.05, 3.63) is 64.8 Å². The maximum Gasteiger partial charge on any atom is 0.250 e. The average Bonchev–Trinajstić information content (AvgIpc) is 3.11. The molecule has 0 fully saturated rings. The van der Waals surface area contributed by atoms with Crippen LogP contribution in [0.1, 0.15) is 12.5 Å². The molecule has 0 atom stereocenters. The monoisotopic (exact) mass is 369 g/mol. The zero-order valence-corrected chi connectivity index (χ0v) is 15.4. The number of nitrogens with zero attached hydrogens (tertiary/aromatic N) is 4. The van der Waals surface area contributed by atoms with E-state index in [1.807, 2.05) is 42.7 Å². The van der Waals surface area contributed by atoms with Crippen molar-refractivity contribution in [3.63, 3.8) is 0 Å². The molecule has 0 aliphatic rings. The molecule has 1 N–H and O–H groups in total. The van der Waals surface area contributed by atoms with Crippen molar-refractivity contribution in [3.8, 4) is 5.69 Å². The van der Waals surface area contributed by atoms with E-state index in [9.17, 15) is 9.59 Å². The van der Waals surface area contributed by atoms with Crippen LogP contribution >= 0.6 is 11.8 Å². The number of benzene rings is 1. The highest BCUT2D eigenvalue weighted by Crippen LogP contribution is 2.20. The lowest BCUT2D eigenvalue weighted by molar-refractivity contribution is -0.113. The average molecular weight is 369 g/mol. The summed E-state index contributed by atoms with van der Waals surface area (Å²) in [4.78, 5) is 23.8. The van der Waals surface area contributed by atoms with Gasteiger partial charge in [0.1, 0.15) is 6.33 Å². The van der Waals surface area contributed by atoms with Crippen LogP contribution in [0.15, 0.2) is 58.9 Å². The molecule has 8 heteroatoms. The first kappa shape index (κ1) is 17.9. The molecule has 134 valence electrons. The number of pyridine rings is 1. The van der Waals surface area contributed by atoms with E-state index in [1.54, 1.807) is 18.6 Å². The molecule has 0 radical (unpaired) electrons. The summed E-state index contributed by atoms with van der Waals surface area (Å²) < 4.78 is 3.38. The van der Waals surface area contributed by atoms with Gasteiger partial charge in [-0.25, -0.2) is 0 Å². The number of anilines is 1. The van der Waals surface area contributed by atoms with Gasteiger partial charge in [-0.15, -0.1) is 10.2 Å². The van der Waals surface area contributed by atoms with Crippen LogP contribution < -0.4 is 10.9 Å². The standard InChI is InChI=1S/C18H19N5O2S/c1-3-22-10-14(6-9-17(22)25)20-16(24)11-26-18-21-19-12-23(18)15-7-4-13(2)5-8-15/h4-10,12H,3,11H2,1-2H3,(H,20,24). The normalized spacial score (nSPS) is 10.7. The van der Waals surface area contributed by atoms with E-state index in [-0.39, 0.29) is 17.2 Å². The molecule has 26 heavy (non-hydrogen) atoms. The molecule has 3 aromatic rings. The van der Waals surface area contributed by atoms with Crippen LogP contribution in [0.4, 0.5) is 5.69 Å². The first-order chi connectivity index (χ1) is 12.6. The SMILES string of the molecule is CCn1cc(NC(=O)CSc2nncn2-c2ccc(C)cc2)ccc1=O. The fourth-order valence-electron chi connectivity index (χ4n) is 2.38. The number of aryl methyl sites for hydroxylation is 2. The van der Waals surface area contributed by atoms with E-state index in [4.69, 9.17) is 0 Å². The minimum atomic E-state index is -0.172. The third-order valence-electron chi connectivity index (χ3n) is 3.77. The molecular formula is C18H19N5O2S. The Labute approximate surface area is 155 Å². The predicted molar refractivity (Wildman–Crippen MR) is 102 cm³/mol. The van der Waals surface area contributed by atoms with Crippen LogP contribution in [-0.4, -0.2) is 31.0 Å². The highest BCUT2D eigenvalue weighted by molar-refractivity contribution is 7.99. The first-order valence-corrected chi connectivity index (χ1v) is 9.15. The largest absolute Gasteiger partial charge is 0.324 e. The van der Waals surface area contributed by atoms with Crippen LogP contribution in [0.3, 0.4) is 0 Å². The van der Waals surface area contributed by atoms with Crippen molar-refractivity contribution in [1.82, 2.24) is 19.3 Å². The van der Waals surface area contributed by atoms with Crippen LogP contribution in [0, 0.1) is 6.92 Å². The minimum absolute atomic E-state index is 0.0916. The number of carbonyl (C=O) groups is 1. The molecule has 3 rings (SSSR count). The molecule has 2 heterocycles. The summed E-state index contributed by atoms with van der Waals surface area (Å²) in [6.07, 6.45) is 3.27. The lowest BCUT2D eigenvalue weighted by Gasteiger charge is -2.08. The zero-order valence-electron chi connectivity index (χ0n) is 14.5. The molecule has 0 saturated carbocycles. The Bertz CT molecular complexity index is 962. The Morgan fingerprint density at radius 2 is 1.96 bits per heavy atom. The predicted octanol–water partition coefficient (Wildman–Crippen LogP) is 2.49. The maximum atomic E-state index is 12.2. The summed E-state index contributed by atoms with van der Waals surface area (Å²) in [6.45, 7) is 4.45. The smallest absolute Gasteiger partial charge is 0.250 e. The number of hydrogen-bond donors (Lipinski definition) is 1. The van der Waals surface area contributed by atoms with Gasteiger partial charge in [0.05, 0.1) is 11.4 Å². The van der Waals surface area contributed by atoms with Gasteiger partial charge >= 0.3 is 0 Å². The Balaban J connectivity index is 1.64. The second kappa shape index (κ2) is 8.01. The molecule has 0 saturated heterocycles. The molecular weight excluding hydrogens is 350 g/mol. The molecule has 0 bridgehead atoms. The van der Waals surface area contributed by atoms with Crippen molar-refractivity contribution in [2.24, 2.45) is 0 Å². The number of hydrogen-bond acceptors (Lipinski definition) is 5. The summed E-state index contributed by atoms with van der Waals surface area (Å²) in [6, 6.07) is 11.0. The number of amides is 1. The molecule has 1 aromatic carbocycles. The Hall–Kier alpha value is -2.87. The van der Waals surface area contributed by atoms with E-state index >= 15 is 0 Å². The lowest BCUT2D eigenvalue weighted by Crippen LogP contribution is -2.20. The maximum absolute atomic E-state index is 12.2. The Kier molecular flexibility index (Phi) is 5.52. The van der Waals surface area contributed by atoms with Crippen molar-refractivity contribution in [2.75, 3.05) is 11.1 Å². The van der Waals surface area contributed by atoms with Crippen LogP contribution in [0.2, 0.25) is 0 Å². The van der Waals surface area contributed by atoms with Gasteiger partial charge in [-0.2, -0.15) is 0 Å². The molecule has 7 nitrogen and oxygen atoms in total. The molecule has 2 aromatic heterocycles. The second-order valence-electron chi connectivity index (χ2n) is 5.70. The fourth-order valence-corrected chi connectivity index (χ4v) is 3.11. The number of aromatic nitrogens is 4. The van der Waals surface area contributed by atoms with Crippen LogP contribution in [-0.2, 0) is 11.3 Å². The summed E-state index contributed by atoms with van der Waals surface area (Å²) in [5.74, 6) is 0.0188. The Morgan fingerprint density at radius 1 is 1.19 bits per heavy atom. The van der Waals surface area contributed by atoms with Gasteiger partial charge in [0.2, 0.25) is 5.91 Å². The molecule has 0 unspecified atom stereocenters. The molecule has 0 aliphatic heterocycles. The summed E-state index contributed by atoms with van der Waals surface area (Å²) >= 11 is 1.30. The van der Waals surface area contributed by atoms with E-state index < -0.39 is 0 Å². The summed E-state index contributed by atoms with van der Waals surface area (Å²) in [5.41, 5.74) is 2.62. The fraction of sp³-hybridized carbons (Fsp3) is 0.222. The van der Waals surface area contributed by atoms with E-state index in [0.29, 0.717) is 17.4 Å². The second-order valence-corrected chi connectivity index (χ2v) is 6.64. The number of nitrogens with one attached hydrogen (secondary N) is 1. The van der Waals surface area contributed by atoms with Crippen LogP contribution in [0.25, 0.3) is 5.69 Å². The quantitative estimate of drug-likeness (QED) is 0.675. The number of carbonyl (C=O) groups excluding carboxylic acids is 1. The Morgan fingerprint density at radius 3 is 2.69 bits per heavy atom. The first-order valence-electron chi connectivity index (χ1n) is 8.17. The third-order valence-corrected chi connectivity index (χ3v) is 4.71.